The van der Waals surface area contributed by atoms with Gasteiger partial charge in [-0.05, 0) is 36.2 Å². The maximum atomic E-state index is 12.9. The largest absolute Gasteiger partial charge is 0.453 e. The Kier molecular flexibility index (Phi) is 5.23. The summed E-state index contributed by atoms with van der Waals surface area (Å²) >= 11 is 1.29. The summed E-state index contributed by atoms with van der Waals surface area (Å²) < 4.78 is 4.47. The van der Waals surface area contributed by atoms with Gasteiger partial charge in [-0.2, -0.15) is 0 Å². The average molecular weight is 382 g/mol. The SMILES string of the molecule is COC(=O)NC(=O)c1c(NC(=O)c2cccc3ccccc23)sc(C)c1C. The minimum atomic E-state index is -0.852. The normalized spacial score (nSPS) is 10.5. The molecule has 0 saturated carbocycles. The number of anilines is 1. The molecular weight excluding hydrogens is 364 g/mol. The quantitative estimate of drug-likeness (QED) is 0.709. The maximum Gasteiger partial charge on any atom is 0.413 e. The first-order chi connectivity index (χ1) is 12.9. The van der Waals surface area contributed by atoms with Crippen LogP contribution < -0.4 is 10.6 Å². The highest BCUT2D eigenvalue weighted by Gasteiger charge is 2.23. The van der Waals surface area contributed by atoms with Crippen molar-refractivity contribution >= 4 is 45.0 Å². The third kappa shape index (κ3) is 3.68. The van der Waals surface area contributed by atoms with Gasteiger partial charge in [-0.25, -0.2) is 4.79 Å². The number of fused-ring (bicyclic) bond motifs is 1. The number of methoxy groups -OCH3 is 1. The molecule has 0 aliphatic carbocycles. The highest BCUT2D eigenvalue weighted by Crippen LogP contribution is 2.33. The fraction of sp³-hybridized carbons (Fsp3) is 0.150. The zero-order chi connectivity index (χ0) is 19.6. The molecule has 2 N–H and O–H groups in total. The van der Waals surface area contributed by atoms with Gasteiger partial charge in [0.05, 0.1) is 12.7 Å². The van der Waals surface area contributed by atoms with E-state index in [2.05, 4.69) is 15.4 Å². The number of hydrogen-bond donors (Lipinski definition) is 2. The second-order valence-electron chi connectivity index (χ2n) is 5.91. The molecule has 3 amide bonds. The van der Waals surface area contributed by atoms with Crippen molar-refractivity contribution in [1.29, 1.82) is 0 Å². The van der Waals surface area contributed by atoms with Crippen LogP contribution in [0.25, 0.3) is 10.8 Å². The summed E-state index contributed by atoms with van der Waals surface area (Å²) in [5.41, 5.74) is 1.47. The molecule has 1 aromatic heterocycles. The summed E-state index contributed by atoms with van der Waals surface area (Å²) in [4.78, 5) is 37.6. The van der Waals surface area contributed by atoms with Crippen LogP contribution in [0.1, 0.15) is 31.2 Å². The van der Waals surface area contributed by atoms with E-state index in [4.69, 9.17) is 0 Å². The zero-order valence-corrected chi connectivity index (χ0v) is 15.9. The Morgan fingerprint density at radius 1 is 0.963 bits per heavy atom. The van der Waals surface area contributed by atoms with Crippen LogP contribution in [0.4, 0.5) is 9.80 Å². The van der Waals surface area contributed by atoms with Crippen molar-refractivity contribution in [3.05, 3.63) is 64.0 Å². The molecule has 2 aromatic carbocycles. The maximum absolute atomic E-state index is 12.9. The molecule has 3 aromatic rings. The van der Waals surface area contributed by atoms with Crippen molar-refractivity contribution in [2.45, 2.75) is 13.8 Å². The number of ether oxygens (including phenoxy) is 1. The van der Waals surface area contributed by atoms with Crippen LogP contribution in [0.15, 0.2) is 42.5 Å². The lowest BCUT2D eigenvalue weighted by Crippen LogP contribution is -2.31. The third-order valence-electron chi connectivity index (χ3n) is 4.27. The van der Waals surface area contributed by atoms with Gasteiger partial charge in [0.1, 0.15) is 5.00 Å². The Labute approximate surface area is 160 Å². The van der Waals surface area contributed by atoms with Gasteiger partial charge >= 0.3 is 6.09 Å². The molecule has 7 heteroatoms. The Bertz CT molecular complexity index is 1050. The van der Waals surface area contributed by atoms with Crippen LogP contribution in [-0.4, -0.2) is 25.0 Å². The Hall–Kier alpha value is -3.19. The zero-order valence-electron chi connectivity index (χ0n) is 15.1. The van der Waals surface area contributed by atoms with E-state index in [9.17, 15) is 14.4 Å². The number of aryl methyl sites for hydroxylation is 1. The number of hydrogen-bond acceptors (Lipinski definition) is 5. The molecule has 0 bridgehead atoms. The summed E-state index contributed by atoms with van der Waals surface area (Å²) in [6.45, 7) is 3.62. The van der Waals surface area contributed by atoms with Gasteiger partial charge < -0.3 is 10.1 Å². The summed E-state index contributed by atoms with van der Waals surface area (Å²) in [7, 11) is 1.18. The van der Waals surface area contributed by atoms with Crippen LogP contribution in [0.2, 0.25) is 0 Å². The lowest BCUT2D eigenvalue weighted by molar-refractivity contribution is 0.0937. The van der Waals surface area contributed by atoms with Gasteiger partial charge in [0.25, 0.3) is 11.8 Å². The summed E-state index contributed by atoms with van der Waals surface area (Å²) in [6, 6.07) is 13.1. The summed E-state index contributed by atoms with van der Waals surface area (Å²) in [6.07, 6.45) is -0.852. The van der Waals surface area contributed by atoms with Crippen LogP contribution in [-0.2, 0) is 4.74 Å². The Morgan fingerprint density at radius 2 is 1.67 bits per heavy atom. The predicted molar refractivity (Wildman–Crippen MR) is 106 cm³/mol. The number of alkyl carbamates (subject to hydrolysis) is 1. The topological polar surface area (TPSA) is 84.5 Å². The number of carbonyl (C=O) groups excluding carboxylic acids is 3. The van der Waals surface area contributed by atoms with E-state index in [-0.39, 0.29) is 11.5 Å². The molecule has 3 rings (SSSR count). The molecule has 0 radical (unpaired) electrons. The summed E-state index contributed by atoms with van der Waals surface area (Å²) in [5.74, 6) is -0.933. The van der Waals surface area contributed by atoms with E-state index in [0.717, 1.165) is 15.6 Å². The van der Waals surface area contributed by atoms with Crippen molar-refractivity contribution in [3.63, 3.8) is 0 Å². The number of rotatable bonds is 3. The highest BCUT2D eigenvalue weighted by atomic mass is 32.1. The van der Waals surface area contributed by atoms with Crippen molar-refractivity contribution in [2.24, 2.45) is 0 Å². The fourth-order valence-electron chi connectivity index (χ4n) is 2.79. The molecular formula is C20H18N2O4S. The standard InChI is InChI=1S/C20H18N2O4S/c1-11-12(2)27-19(16(11)18(24)22-20(25)26-3)21-17(23)15-10-6-8-13-7-4-5-9-14(13)15/h4-10H,1-3H3,(H,21,23)(H,22,24,25). The molecule has 0 unspecified atom stereocenters. The third-order valence-corrected chi connectivity index (χ3v) is 5.40. The molecule has 6 nitrogen and oxygen atoms in total. The molecule has 138 valence electrons. The van der Waals surface area contributed by atoms with E-state index in [1.165, 1.54) is 18.4 Å². The number of amides is 3. The molecule has 0 aliphatic heterocycles. The van der Waals surface area contributed by atoms with Gasteiger partial charge in [-0.15, -0.1) is 11.3 Å². The number of thiophene rings is 1. The van der Waals surface area contributed by atoms with Gasteiger partial charge in [-0.3, -0.25) is 14.9 Å². The van der Waals surface area contributed by atoms with Crippen LogP contribution in [0.5, 0.6) is 0 Å². The monoisotopic (exact) mass is 382 g/mol. The van der Waals surface area contributed by atoms with Crippen molar-refractivity contribution in [1.82, 2.24) is 5.32 Å². The minimum absolute atomic E-state index is 0.261. The molecule has 27 heavy (non-hydrogen) atoms. The molecule has 1 heterocycles. The number of imide groups is 1. The lowest BCUT2D eigenvalue weighted by Gasteiger charge is -2.09. The minimum Gasteiger partial charge on any atom is -0.453 e. The molecule has 0 aliphatic rings. The second-order valence-corrected chi connectivity index (χ2v) is 7.14. The molecule has 0 atom stereocenters. The van der Waals surface area contributed by atoms with E-state index in [1.807, 2.05) is 43.3 Å². The van der Waals surface area contributed by atoms with Gasteiger partial charge in [-0.1, -0.05) is 36.4 Å². The van der Waals surface area contributed by atoms with Crippen LogP contribution >= 0.6 is 11.3 Å². The fourth-order valence-corrected chi connectivity index (χ4v) is 3.84. The molecule has 0 saturated heterocycles. The molecule has 0 fully saturated rings. The van der Waals surface area contributed by atoms with Crippen molar-refractivity contribution in [2.75, 3.05) is 12.4 Å². The smallest absolute Gasteiger partial charge is 0.413 e. The summed E-state index contributed by atoms with van der Waals surface area (Å²) in [5, 5.41) is 7.12. The van der Waals surface area contributed by atoms with E-state index in [1.54, 1.807) is 13.0 Å². The second kappa shape index (κ2) is 7.59. The number of carbonyl (C=O) groups is 3. The highest BCUT2D eigenvalue weighted by molar-refractivity contribution is 7.16. The van der Waals surface area contributed by atoms with Crippen LogP contribution in [0, 0.1) is 13.8 Å². The van der Waals surface area contributed by atoms with Crippen molar-refractivity contribution in [3.8, 4) is 0 Å². The molecule has 0 spiro atoms. The van der Waals surface area contributed by atoms with Crippen LogP contribution in [0.3, 0.4) is 0 Å². The van der Waals surface area contributed by atoms with E-state index < -0.39 is 12.0 Å². The van der Waals surface area contributed by atoms with Gasteiger partial charge in [0.15, 0.2) is 0 Å². The van der Waals surface area contributed by atoms with E-state index >= 15 is 0 Å². The first-order valence-electron chi connectivity index (χ1n) is 8.20. The predicted octanol–water partition coefficient (Wildman–Crippen LogP) is 4.27. The lowest BCUT2D eigenvalue weighted by atomic mass is 10.0. The van der Waals surface area contributed by atoms with Gasteiger partial charge in [0, 0.05) is 10.4 Å². The Morgan fingerprint density at radius 3 is 2.41 bits per heavy atom. The first kappa shape index (κ1) is 18.6. The van der Waals surface area contributed by atoms with Gasteiger partial charge in [0.2, 0.25) is 0 Å². The van der Waals surface area contributed by atoms with Crippen molar-refractivity contribution < 1.29 is 19.1 Å². The number of nitrogens with one attached hydrogen (secondary N) is 2. The van der Waals surface area contributed by atoms with E-state index in [0.29, 0.717) is 16.1 Å². The first-order valence-corrected chi connectivity index (χ1v) is 9.02. The Balaban J connectivity index is 1.96. The number of benzene rings is 2. The average Bonchev–Trinajstić information content (AvgIpc) is 2.94.